The Balaban J connectivity index is 1.64. The first-order valence-electron chi connectivity index (χ1n) is 7.90. The molecule has 27 heavy (non-hydrogen) atoms. The molecule has 0 radical (unpaired) electrons. The maximum Gasteiger partial charge on any atom is 0.230 e. The summed E-state index contributed by atoms with van der Waals surface area (Å²) in [6, 6.07) is 15.3. The number of hydrogen-bond acceptors (Lipinski definition) is 6. The maximum absolute atomic E-state index is 12.2. The van der Waals surface area contributed by atoms with Crippen LogP contribution in [0.15, 0.2) is 58.8 Å². The lowest BCUT2D eigenvalue weighted by molar-refractivity contribution is -0.115. The van der Waals surface area contributed by atoms with Crippen molar-refractivity contribution in [3.63, 3.8) is 0 Å². The summed E-state index contributed by atoms with van der Waals surface area (Å²) in [7, 11) is -3.25. The number of rotatable bonds is 5. The first kappa shape index (κ1) is 18.8. The molecule has 1 amide bonds. The molecule has 136 valence electrons. The number of thiazole rings is 1. The van der Waals surface area contributed by atoms with Gasteiger partial charge in [-0.15, -0.1) is 11.3 Å². The second kappa shape index (κ2) is 7.70. The Morgan fingerprint density at radius 1 is 1.15 bits per heavy atom. The smallest absolute Gasteiger partial charge is 0.230 e. The summed E-state index contributed by atoms with van der Waals surface area (Å²) in [5.41, 5.74) is 2.87. The molecule has 8 heteroatoms. The quantitative estimate of drug-likeness (QED) is 0.712. The largest absolute Gasteiger partial charge is 0.302 e. The first-order valence-corrected chi connectivity index (χ1v) is 10.7. The highest BCUT2D eigenvalue weighted by molar-refractivity contribution is 7.90. The molecule has 1 N–H and O–H groups in total. The molecular formula is C19H15N3O3S2. The van der Waals surface area contributed by atoms with Gasteiger partial charge in [0.15, 0.2) is 15.0 Å². The van der Waals surface area contributed by atoms with Crippen molar-refractivity contribution in [1.29, 1.82) is 5.26 Å². The highest BCUT2D eigenvalue weighted by Gasteiger charge is 2.11. The van der Waals surface area contributed by atoms with Crippen LogP contribution in [0.25, 0.3) is 11.3 Å². The number of nitrogens with one attached hydrogen (secondary N) is 1. The fourth-order valence-corrected chi connectivity index (χ4v) is 3.75. The van der Waals surface area contributed by atoms with E-state index in [1.807, 2.05) is 17.5 Å². The monoisotopic (exact) mass is 397 g/mol. The highest BCUT2D eigenvalue weighted by Crippen LogP contribution is 2.25. The van der Waals surface area contributed by atoms with Gasteiger partial charge < -0.3 is 5.32 Å². The Labute approximate surface area is 161 Å². The van der Waals surface area contributed by atoms with Crippen LogP contribution < -0.4 is 5.32 Å². The van der Waals surface area contributed by atoms with Gasteiger partial charge in [0.2, 0.25) is 5.91 Å². The van der Waals surface area contributed by atoms with Gasteiger partial charge >= 0.3 is 0 Å². The van der Waals surface area contributed by atoms with Crippen molar-refractivity contribution in [3.05, 3.63) is 65.0 Å². The van der Waals surface area contributed by atoms with Gasteiger partial charge in [-0.25, -0.2) is 13.4 Å². The standard InChI is InChI=1S/C19H15N3O3S2/c1-27(24,25)16-8-4-13(5-9-16)10-18(23)22-19-21-17(12-26-19)15-6-2-14(11-20)3-7-15/h2-9,12H,10H2,1H3,(H,21,22,23). The maximum atomic E-state index is 12.2. The fraction of sp³-hybridized carbons (Fsp3) is 0.105. The van der Waals surface area contributed by atoms with E-state index >= 15 is 0 Å². The number of nitrogens with zero attached hydrogens (tertiary/aromatic N) is 2. The second-order valence-electron chi connectivity index (χ2n) is 5.87. The summed E-state index contributed by atoms with van der Waals surface area (Å²) in [5, 5.41) is 13.9. The average molecular weight is 397 g/mol. The number of amides is 1. The molecular weight excluding hydrogens is 382 g/mol. The molecule has 1 heterocycles. The molecule has 1 aromatic heterocycles. The molecule has 0 atom stereocenters. The van der Waals surface area contributed by atoms with Crippen LogP contribution in [0.1, 0.15) is 11.1 Å². The number of nitriles is 1. The van der Waals surface area contributed by atoms with Gasteiger partial charge in [-0.2, -0.15) is 5.26 Å². The lowest BCUT2D eigenvalue weighted by atomic mass is 10.1. The number of carbonyl (C=O) groups is 1. The molecule has 0 saturated carbocycles. The predicted octanol–water partition coefficient (Wildman–Crippen LogP) is 3.27. The van der Waals surface area contributed by atoms with Crippen molar-refractivity contribution in [2.24, 2.45) is 0 Å². The van der Waals surface area contributed by atoms with E-state index in [9.17, 15) is 13.2 Å². The SMILES string of the molecule is CS(=O)(=O)c1ccc(CC(=O)Nc2nc(-c3ccc(C#N)cc3)cs2)cc1. The lowest BCUT2D eigenvalue weighted by Gasteiger charge is -2.03. The van der Waals surface area contributed by atoms with Crippen molar-refractivity contribution >= 4 is 32.2 Å². The van der Waals surface area contributed by atoms with Crippen molar-refractivity contribution in [2.45, 2.75) is 11.3 Å². The zero-order valence-electron chi connectivity index (χ0n) is 14.3. The third-order valence-electron chi connectivity index (χ3n) is 3.78. The minimum absolute atomic E-state index is 0.121. The van der Waals surface area contributed by atoms with Crippen LogP contribution in [-0.4, -0.2) is 25.6 Å². The lowest BCUT2D eigenvalue weighted by Crippen LogP contribution is -2.14. The van der Waals surface area contributed by atoms with E-state index in [1.165, 1.54) is 23.5 Å². The Kier molecular flexibility index (Phi) is 5.35. The molecule has 0 bridgehead atoms. The second-order valence-corrected chi connectivity index (χ2v) is 8.74. The Morgan fingerprint density at radius 3 is 2.41 bits per heavy atom. The van der Waals surface area contributed by atoms with Gasteiger partial charge in [0.1, 0.15) is 0 Å². The van der Waals surface area contributed by atoms with Crippen LogP contribution >= 0.6 is 11.3 Å². The zero-order valence-corrected chi connectivity index (χ0v) is 16.0. The van der Waals surface area contributed by atoms with Crippen LogP contribution in [0, 0.1) is 11.3 Å². The third-order valence-corrected chi connectivity index (χ3v) is 5.66. The van der Waals surface area contributed by atoms with Crippen LogP contribution in [0.5, 0.6) is 0 Å². The van der Waals surface area contributed by atoms with Gasteiger partial charge in [-0.3, -0.25) is 4.79 Å². The number of hydrogen-bond donors (Lipinski definition) is 1. The van der Waals surface area contributed by atoms with Gasteiger partial charge in [-0.05, 0) is 29.8 Å². The molecule has 0 spiro atoms. The molecule has 0 saturated heterocycles. The summed E-state index contributed by atoms with van der Waals surface area (Å²) in [5.74, 6) is -0.233. The molecule has 0 aliphatic rings. The van der Waals surface area contributed by atoms with E-state index < -0.39 is 9.84 Å². The number of anilines is 1. The Hall–Kier alpha value is -3.02. The van der Waals surface area contributed by atoms with E-state index in [-0.39, 0.29) is 17.2 Å². The summed E-state index contributed by atoms with van der Waals surface area (Å²) >= 11 is 1.31. The molecule has 6 nitrogen and oxygen atoms in total. The topological polar surface area (TPSA) is 99.9 Å². The van der Waals surface area contributed by atoms with Gasteiger partial charge in [0.05, 0.1) is 28.6 Å². The minimum atomic E-state index is -3.25. The van der Waals surface area contributed by atoms with Gasteiger partial charge in [0, 0.05) is 17.2 Å². The van der Waals surface area contributed by atoms with E-state index in [4.69, 9.17) is 5.26 Å². The third kappa shape index (κ3) is 4.78. The van der Waals surface area contributed by atoms with E-state index in [0.29, 0.717) is 16.3 Å². The number of aromatic nitrogens is 1. The van der Waals surface area contributed by atoms with Crippen LogP contribution in [0.4, 0.5) is 5.13 Å². The summed E-state index contributed by atoms with van der Waals surface area (Å²) in [6.45, 7) is 0. The summed E-state index contributed by atoms with van der Waals surface area (Å²) < 4.78 is 22.9. The molecule has 0 fully saturated rings. The molecule has 0 aliphatic heterocycles. The van der Waals surface area contributed by atoms with Crippen LogP contribution in [0.3, 0.4) is 0 Å². The molecule has 0 aliphatic carbocycles. The van der Waals surface area contributed by atoms with Crippen LogP contribution in [0.2, 0.25) is 0 Å². The van der Waals surface area contributed by atoms with Crippen molar-refractivity contribution < 1.29 is 13.2 Å². The van der Waals surface area contributed by atoms with E-state index in [1.54, 1.807) is 24.3 Å². The molecule has 3 rings (SSSR count). The highest BCUT2D eigenvalue weighted by atomic mass is 32.2. The van der Waals surface area contributed by atoms with E-state index in [2.05, 4.69) is 16.4 Å². The number of sulfone groups is 1. The van der Waals surface area contributed by atoms with E-state index in [0.717, 1.165) is 17.5 Å². The summed E-state index contributed by atoms with van der Waals surface area (Å²) in [4.78, 5) is 16.8. The Bertz CT molecular complexity index is 1110. The van der Waals surface area contributed by atoms with Crippen molar-refractivity contribution in [3.8, 4) is 17.3 Å². The first-order chi connectivity index (χ1) is 12.8. The average Bonchev–Trinajstić information content (AvgIpc) is 3.09. The molecule has 0 unspecified atom stereocenters. The number of benzene rings is 2. The minimum Gasteiger partial charge on any atom is -0.302 e. The summed E-state index contributed by atoms with van der Waals surface area (Å²) in [6.07, 6.45) is 1.26. The molecule has 3 aromatic rings. The Morgan fingerprint density at radius 2 is 1.81 bits per heavy atom. The zero-order chi connectivity index (χ0) is 19.4. The van der Waals surface area contributed by atoms with Gasteiger partial charge in [0.25, 0.3) is 0 Å². The van der Waals surface area contributed by atoms with Crippen molar-refractivity contribution in [1.82, 2.24) is 4.98 Å². The predicted molar refractivity (Wildman–Crippen MR) is 104 cm³/mol. The van der Waals surface area contributed by atoms with Crippen molar-refractivity contribution in [2.75, 3.05) is 11.6 Å². The van der Waals surface area contributed by atoms with Gasteiger partial charge in [-0.1, -0.05) is 24.3 Å². The fourth-order valence-electron chi connectivity index (χ4n) is 2.38. The molecule has 2 aromatic carbocycles. The normalized spacial score (nSPS) is 11.0. The van der Waals surface area contributed by atoms with Crippen LogP contribution in [-0.2, 0) is 21.1 Å². The number of carbonyl (C=O) groups excluding carboxylic acids is 1.